The largest absolute Gasteiger partial charge is 0.505 e. The Morgan fingerprint density at radius 2 is 2.18 bits per heavy atom. The summed E-state index contributed by atoms with van der Waals surface area (Å²) in [4.78, 5) is 4.03. The van der Waals surface area contributed by atoms with Gasteiger partial charge in [0, 0.05) is 20.1 Å². The molecule has 0 radical (unpaired) electrons. The standard InChI is InChI=1S/C12H18FN3O/c1-3-6-15-12(14-2)16-8-9-4-5-11(17)10(13)7-9/h4-5,7,17H,3,6,8H2,1-2H3,(H2,14,15,16). The number of aromatic hydroxyl groups is 1. The van der Waals surface area contributed by atoms with Crippen LogP contribution in [0.25, 0.3) is 0 Å². The molecule has 0 aliphatic carbocycles. The monoisotopic (exact) mass is 239 g/mol. The first-order valence-electron chi connectivity index (χ1n) is 5.59. The molecule has 0 aliphatic heterocycles. The number of phenols is 1. The van der Waals surface area contributed by atoms with Gasteiger partial charge in [0.25, 0.3) is 0 Å². The Morgan fingerprint density at radius 1 is 1.41 bits per heavy atom. The molecule has 0 fully saturated rings. The van der Waals surface area contributed by atoms with Gasteiger partial charge in [0.1, 0.15) is 0 Å². The molecule has 0 aliphatic rings. The van der Waals surface area contributed by atoms with Crippen LogP contribution >= 0.6 is 0 Å². The van der Waals surface area contributed by atoms with Crippen LogP contribution in [0, 0.1) is 5.82 Å². The Hall–Kier alpha value is -1.78. The van der Waals surface area contributed by atoms with Crippen LogP contribution in [0.15, 0.2) is 23.2 Å². The molecule has 17 heavy (non-hydrogen) atoms. The first-order valence-corrected chi connectivity index (χ1v) is 5.59. The van der Waals surface area contributed by atoms with Gasteiger partial charge < -0.3 is 15.7 Å². The lowest BCUT2D eigenvalue weighted by atomic mass is 10.2. The first kappa shape index (κ1) is 13.3. The predicted octanol–water partition coefficient (Wildman–Crippen LogP) is 1.61. The summed E-state index contributed by atoms with van der Waals surface area (Å²) in [6.07, 6.45) is 1.01. The van der Waals surface area contributed by atoms with E-state index in [0.717, 1.165) is 18.5 Å². The van der Waals surface area contributed by atoms with Gasteiger partial charge in [-0.2, -0.15) is 0 Å². The molecule has 5 heteroatoms. The summed E-state index contributed by atoms with van der Waals surface area (Å²) in [5, 5.41) is 15.2. The Bertz CT molecular complexity index is 393. The summed E-state index contributed by atoms with van der Waals surface area (Å²) in [5.74, 6) is -0.261. The van der Waals surface area contributed by atoms with E-state index in [1.807, 2.05) is 0 Å². The zero-order valence-corrected chi connectivity index (χ0v) is 10.1. The number of halogens is 1. The topological polar surface area (TPSA) is 56.7 Å². The van der Waals surface area contributed by atoms with Crippen molar-refractivity contribution in [3.8, 4) is 5.75 Å². The van der Waals surface area contributed by atoms with E-state index in [4.69, 9.17) is 5.11 Å². The van der Waals surface area contributed by atoms with E-state index < -0.39 is 5.82 Å². The molecule has 0 aromatic heterocycles. The minimum Gasteiger partial charge on any atom is -0.505 e. The van der Waals surface area contributed by atoms with Crippen molar-refractivity contribution in [3.05, 3.63) is 29.6 Å². The summed E-state index contributed by atoms with van der Waals surface area (Å²) in [7, 11) is 1.68. The summed E-state index contributed by atoms with van der Waals surface area (Å²) < 4.78 is 13.1. The fourth-order valence-electron chi connectivity index (χ4n) is 1.31. The highest BCUT2D eigenvalue weighted by atomic mass is 19.1. The fourth-order valence-corrected chi connectivity index (χ4v) is 1.31. The van der Waals surface area contributed by atoms with Crippen molar-refractivity contribution < 1.29 is 9.50 Å². The Kier molecular flexibility index (Phi) is 5.26. The number of rotatable bonds is 4. The molecule has 1 aromatic carbocycles. The molecule has 0 spiro atoms. The number of benzene rings is 1. The van der Waals surface area contributed by atoms with Crippen LogP contribution in [0.4, 0.5) is 4.39 Å². The molecular formula is C12H18FN3O. The smallest absolute Gasteiger partial charge is 0.191 e. The van der Waals surface area contributed by atoms with Crippen LogP contribution in [0.3, 0.4) is 0 Å². The highest BCUT2D eigenvalue weighted by molar-refractivity contribution is 5.79. The van der Waals surface area contributed by atoms with E-state index in [1.54, 1.807) is 13.1 Å². The number of phenolic OH excluding ortho intramolecular Hbond substituents is 1. The second-order valence-electron chi connectivity index (χ2n) is 3.64. The SMILES string of the molecule is CCCNC(=NC)NCc1ccc(O)c(F)c1. The third-order valence-corrected chi connectivity index (χ3v) is 2.24. The molecule has 0 saturated carbocycles. The van der Waals surface area contributed by atoms with Crippen molar-refractivity contribution in [1.82, 2.24) is 10.6 Å². The van der Waals surface area contributed by atoms with Gasteiger partial charge in [0.15, 0.2) is 17.5 Å². The molecule has 3 N–H and O–H groups in total. The molecule has 0 bridgehead atoms. The third kappa shape index (κ3) is 4.30. The summed E-state index contributed by atoms with van der Waals surface area (Å²) in [5.41, 5.74) is 0.750. The summed E-state index contributed by atoms with van der Waals surface area (Å²) in [6, 6.07) is 4.31. The zero-order valence-electron chi connectivity index (χ0n) is 10.1. The predicted molar refractivity (Wildman–Crippen MR) is 66.6 cm³/mol. The van der Waals surface area contributed by atoms with Gasteiger partial charge in [-0.25, -0.2) is 4.39 Å². The number of nitrogens with one attached hydrogen (secondary N) is 2. The van der Waals surface area contributed by atoms with E-state index in [-0.39, 0.29) is 5.75 Å². The highest BCUT2D eigenvalue weighted by Crippen LogP contribution is 2.15. The number of hydrogen-bond donors (Lipinski definition) is 3. The van der Waals surface area contributed by atoms with Gasteiger partial charge in [0.2, 0.25) is 0 Å². The van der Waals surface area contributed by atoms with E-state index in [9.17, 15) is 4.39 Å². The van der Waals surface area contributed by atoms with Crippen LogP contribution in [0.1, 0.15) is 18.9 Å². The van der Waals surface area contributed by atoms with Crippen LogP contribution < -0.4 is 10.6 Å². The lowest BCUT2D eigenvalue weighted by molar-refractivity contribution is 0.431. The van der Waals surface area contributed by atoms with E-state index in [2.05, 4.69) is 22.5 Å². The first-order chi connectivity index (χ1) is 8.17. The molecule has 0 heterocycles. The second kappa shape index (κ2) is 6.73. The van der Waals surface area contributed by atoms with Gasteiger partial charge >= 0.3 is 0 Å². The van der Waals surface area contributed by atoms with E-state index in [1.165, 1.54) is 12.1 Å². The molecule has 94 valence electrons. The van der Waals surface area contributed by atoms with Crippen LogP contribution in [-0.2, 0) is 6.54 Å². The van der Waals surface area contributed by atoms with Crippen molar-refractivity contribution in [1.29, 1.82) is 0 Å². The van der Waals surface area contributed by atoms with E-state index >= 15 is 0 Å². The summed E-state index contributed by atoms with van der Waals surface area (Å²) in [6.45, 7) is 3.36. The molecule has 0 unspecified atom stereocenters. The Labute approximate surface area is 101 Å². The molecule has 0 amide bonds. The Morgan fingerprint density at radius 3 is 2.76 bits per heavy atom. The number of aliphatic imine (C=N–C) groups is 1. The molecule has 1 aromatic rings. The number of hydrogen-bond acceptors (Lipinski definition) is 2. The van der Waals surface area contributed by atoms with Gasteiger partial charge in [-0.1, -0.05) is 13.0 Å². The van der Waals surface area contributed by atoms with Crippen molar-refractivity contribution in [3.63, 3.8) is 0 Å². The van der Waals surface area contributed by atoms with Gasteiger partial charge in [0.05, 0.1) is 0 Å². The minimum absolute atomic E-state index is 0.331. The van der Waals surface area contributed by atoms with Crippen LogP contribution in [-0.4, -0.2) is 24.7 Å². The van der Waals surface area contributed by atoms with Crippen molar-refractivity contribution >= 4 is 5.96 Å². The maximum absolute atomic E-state index is 13.1. The van der Waals surface area contributed by atoms with Crippen LogP contribution in [0.2, 0.25) is 0 Å². The molecule has 0 atom stereocenters. The highest BCUT2D eigenvalue weighted by Gasteiger charge is 2.02. The van der Waals surface area contributed by atoms with E-state index in [0.29, 0.717) is 12.5 Å². The molecule has 4 nitrogen and oxygen atoms in total. The molecular weight excluding hydrogens is 221 g/mol. The zero-order chi connectivity index (χ0) is 12.7. The molecule has 1 rings (SSSR count). The fraction of sp³-hybridized carbons (Fsp3) is 0.417. The lowest BCUT2D eigenvalue weighted by Gasteiger charge is -2.11. The van der Waals surface area contributed by atoms with Crippen molar-refractivity contribution in [2.24, 2.45) is 4.99 Å². The number of guanidine groups is 1. The van der Waals surface area contributed by atoms with Crippen LogP contribution in [0.5, 0.6) is 5.75 Å². The van der Waals surface area contributed by atoms with Gasteiger partial charge in [-0.05, 0) is 24.1 Å². The third-order valence-electron chi connectivity index (χ3n) is 2.24. The quantitative estimate of drug-likeness (QED) is 0.552. The Balaban J connectivity index is 2.51. The van der Waals surface area contributed by atoms with Gasteiger partial charge in [-0.15, -0.1) is 0 Å². The lowest BCUT2D eigenvalue weighted by Crippen LogP contribution is -2.37. The van der Waals surface area contributed by atoms with Crippen molar-refractivity contribution in [2.75, 3.05) is 13.6 Å². The normalized spacial score (nSPS) is 11.4. The number of nitrogens with zero attached hydrogens (tertiary/aromatic N) is 1. The maximum atomic E-state index is 13.1. The average molecular weight is 239 g/mol. The second-order valence-corrected chi connectivity index (χ2v) is 3.64. The van der Waals surface area contributed by atoms with Crippen molar-refractivity contribution in [2.45, 2.75) is 19.9 Å². The average Bonchev–Trinajstić information content (AvgIpc) is 2.34. The van der Waals surface area contributed by atoms with Gasteiger partial charge in [-0.3, -0.25) is 4.99 Å². The maximum Gasteiger partial charge on any atom is 0.191 e. The minimum atomic E-state index is -0.610. The summed E-state index contributed by atoms with van der Waals surface area (Å²) >= 11 is 0. The molecule has 0 saturated heterocycles.